The average molecular weight is 327 g/mol. The number of aryl methyl sites for hydroxylation is 1. The van der Waals surface area contributed by atoms with Crippen molar-refractivity contribution < 1.29 is 0 Å². The lowest BCUT2D eigenvalue weighted by atomic mass is 9.88. The van der Waals surface area contributed by atoms with Crippen LogP contribution in [0.5, 0.6) is 0 Å². The van der Waals surface area contributed by atoms with Crippen LogP contribution in [0.1, 0.15) is 23.1 Å². The van der Waals surface area contributed by atoms with E-state index in [1.807, 2.05) is 18.2 Å². The number of nitriles is 1. The highest BCUT2D eigenvalue weighted by molar-refractivity contribution is 9.10. The Morgan fingerprint density at radius 3 is 2.70 bits per heavy atom. The molecule has 20 heavy (non-hydrogen) atoms. The van der Waals surface area contributed by atoms with Crippen molar-refractivity contribution in [2.75, 3.05) is 5.32 Å². The van der Waals surface area contributed by atoms with Crippen LogP contribution in [-0.4, -0.2) is 6.04 Å². The molecule has 0 amide bonds. The van der Waals surface area contributed by atoms with Crippen molar-refractivity contribution in [3.8, 4) is 6.07 Å². The van der Waals surface area contributed by atoms with E-state index in [0.717, 1.165) is 29.4 Å². The largest absolute Gasteiger partial charge is 0.382 e. The van der Waals surface area contributed by atoms with Gasteiger partial charge in [-0.25, -0.2) is 0 Å². The first-order chi connectivity index (χ1) is 9.76. The normalized spacial score (nSPS) is 17.1. The summed E-state index contributed by atoms with van der Waals surface area (Å²) in [7, 11) is 0. The van der Waals surface area contributed by atoms with Crippen molar-refractivity contribution in [3.63, 3.8) is 0 Å². The molecule has 0 heterocycles. The maximum absolute atomic E-state index is 8.94. The third kappa shape index (κ3) is 2.71. The van der Waals surface area contributed by atoms with Crippen LogP contribution in [0.2, 0.25) is 0 Å². The van der Waals surface area contributed by atoms with Crippen LogP contribution in [0.4, 0.5) is 5.69 Å². The zero-order chi connectivity index (χ0) is 13.9. The Bertz CT molecular complexity index is 673. The summed E-state index contributed by atoms with van der Waals surface area (Å²) in [4.78, 5) is 0. The summed E-state index contributed by atoms with van der Waals surface area (Å²) in [6, 6.07) is 17.1. The summed E-state index contributed by atoms with van der Waals surface area (Å²) in [5.41, 5.74) is 4.67. The molecule has 0 aromatic heterocycles. The fourth-order valence-electron chi connectivity index (χ4n) is 2.75. The highest BCUT2D eigenvalue weighted by Crippen LogP contribution is 2.26. The number of hydrogen-bond acceptors (Lipinski definition) is 2. The predicted molar refractivity (Wildman–Crippen MR) is 84.7 cm³/mol. The lowest BCUT2D eigenvalue weighted by Crippen LogP contribution is -2.27. The second kappa shape index (κ2) is 5.68. The topological polar surface area (TPSA) is 35.8 Å². The van der Waals surface area contributed by atoms with Gasteiger partial charge < -0.3 is 5.32 Å². The Balaban J connectivity index is 1.74. The number of benzene rings is 2. The third-order valence-electron chi connectivity index (χ3n) is 3.81. The quantitative estimate of drug-likeness (QED) is 0.893. The van der Waals surface area contributed by atoms with Crippen molar-refractivity contribution in [2.24, 2.45) is 0 Å². The van der Waals surface area contributed by atoms with Gasteiger partial charge in [0.1, 0.15) is 6.07 Å². The molecule has 0 saturated heterocycles. The van der Waals surface area contributed by atoms with Crippen molar-refractivity contribution in [3.05, 3.63) is 63.6 Å². The first-order valence-corrected chi connectivity index (χ1v) is 7.58. The average Bonchev–Trinajstić information content (AvgIpc) is 2.47. The third-order valence-corrected chi connectivity index (χ3v) is 4.46. The predicted octanol–water partition coefficient (Wildman–Crippen LogP) is 4.29. The molecule has 3 rings (SSSR count). The van der Waals surface area contributed by atoms with Gasteiger partial charge in [-0.05, 0) is 64.5 Å². The minimum atomic E-state index is 0.463. The lowest BCUT2D eigenvalue weighted by Gasteiger charge is -2.26. The molecule has 0 saturated carbocycles. The molecule has 1 atom stereocenters. The van der Waals surface area contributed by atoms with Gasteiger partial charge in [-0.1, -0.05) is 24.3 Å². The fraction of sp³-hybridized carbons (Fsp3) is 0.235. The second-order valence-corrected chi connectivity index (χ2v) is 6.01. The second-order valence-electron chi connectivity index (χ2n) is 5.16. The Labute approximate surface area is 127 Å². The molecule has 0 spiro atoms. The summed E-state index contributed by atoms with van der Waals surface area (Å²) in [5.74, 6) is 0. The van der Waals surface area contributed by atoms with Crippen LogP contribution in [0.15, 0.2) is 46.9 Å². The molecule has 2 nitrogen and oxygen atoms in total. The molecule has 100 valence electrons. The molecule has 1 aliphatic carbocycles. The molecule has 0 radical (unpaired) electrons. The van der Waals surface area contributed by atoms with E-state index in [9.17, 15) is 0 Å². The smallest absolute Gasteiger partial charge is 0.100 e. The number of nitrogens with one attached hydrogen (secondary N) is 1. The molecule has 0 bridgehead atoms. The molecular formula is C17H15BrN2. The lowest BCUT2D eigenvalue weighted by molar-refractivity contribution is 0.611. The zero-order valence-corrected chi connectivity index (χ0v) is 12.7. The van der Waals surface area contributed by atoms with Crippen LogP contribution in [0.3, 0.4) is 0 Å². The first kappa shape index (κ1) is 13.2. The van der Waals surface area contributed by atoms with Gasteiger partial charge in [0.15, 0.2) is 0 Å². The van der Waals surface area contributed by atoms with Crippen LogP contribution in [0.25, 0.3) is 0 Å². The zero-order valence-electron chi connectivity index (χ0n) is 11.1. The van der Waals surface area contributed by atoms with E-state index in [2.05, 4.69) is 51.6 Å². The van der Waals surface area contributed by atoms with Crippen molar-refractivity contribution in [2.45, 2.75) is 25.3 Å². The molecule has 1 aliphatic rings. The van der Waals surface area contributed by atoms with Crippen molar-refractivity contribution in [1.82, 2.24) is 0 Å². The maximum atomic E-state index is 8.94. The number of fused-ring (bicyclic) bond motifs is 1. The van der Waals surface area contributed by atoms with Crippen LogP contribution >= 0.6 is 15.9 Å². The molecule has 1 unspecified atom stereocenters. The van der Waals surface area contributed by atoms with Gasteiger partial charge in [-0.15, -0.1) is 0 Å². The van der Waals surface area contributed by atoms with E-state index in [1.54, 1.807) is 0 Å². The SMILES string of the molecule is N#Cc1ccc(NC2CCc3ccccc3C2)cc1Br. The Morgan fingerprint density at radius 1 is 1.15 bits per heavy atom. The Hall–Kier alpha value is -1.79. The molecule has 0 fully saturated rings. The summed E-state index contributed by atoms with van der Waals surface area (Å²) in [6.07, 6.45) is 3.34. The number of anilines is 1. The van der Waals surface area contributed by atoms with Crippen LogP contribution in [0, 0.1) is 11.3 Å². The standard InChI is InChI=1S/C17H15BrN2/c18-17-10-16(8-6-14(17)11-19)20-15-7-5-12-3-1-2-4-13(12)9-15/h1-4,6,8,10,15,20H,5,7,9H2. The molecule has 2 aromatic rings. The van der Waals surface area contributed by atoms with Crippen molar-refractivity contribution >= 4 is 21.6 Å². The summed E-state index contributed by atoms with van der Waals surface area (Å²) >= 11 is 3.44. The Kier molecular flexibility index (Phi) is 3.75. The summed E-state index contributed by atoms with van der Waals surface area (Å²) in [6.45, 7) is 0. The van der Waals surface area contributed by atoms with Crippen molar-refractivity contribution in [1.29, 1.82) is 5.26 Å². The first-order valence-electron chi connectivity index (χ1n) is 6.79. The highest BCUT2D eigenvalue weighted by Gasteiger charge is 2.18. The van der Waals surface area contributed by atoms with E-state index in [-0.39, 0.29) is 0 Å². The molecular weight excluding hydrogens is 312 g/mol. The molecule has 1 N–H and O–H groups in total. The number of hydrogen-bond donors (Lipinski definition) is 1. The summed E-state index contributed by atoms with van der Waals surface area (Å²) in [5, 5.41) is 12.5. The minimum Gasteiger partial charge on any atom is -0.382 e. The van der Waals surface area contributed by atoms with E-state index in [0.29, 0.717) is 11.6 Å². The number of halogens is 1. The van der Waals surface area contributed by atoms with Gasteiger partial charge >= 0.3 is 0 Å². The minimum absolute atomic E-state index is 0.463. The molecule has 3 heteroatoms. The van der Waals surface area contributed by atoms with Gasteiger partial charge in [0, 0.05) is 16.2 Å². The summed E-state index contributed by atoms with van der Waals surface area (Å²) < 4.78 is 0.848. The van der Waals surface area contributed by atoms with Gasteiger partial charge in [0.25, 0.3) is 0 Å². The number of rotatable bonds is 2. The maximum Gasteiger partial charge on any atom is 0.100 e. The van der Waals surface area contributed by atoms with E-state index in [1.165, 1.54) is 11.1 Å². The molecule has 2 aromatic carbocycles. The molecule has 0 aliphatic heterocycles. The fourth-order valence-corrected chi connectivity index (χ4v) is 3.22. The monoisotopic (exact) mass is 326 g/mol. The van der Waals surface area contributed by atoms with Crippen LogP contribution < -0.4 is 5.32 Å². The van der Waals surface area contributed by atoms with E-state index >= 15 is 0 Å². The Morgan fingerprint density at radius 2 is 1.95 bits per heavy atom. The number of nitrogens with zero attached hydrogens (tertiary/aromatic N) is 1. The van der Waals surface area contributed by atoms with E-state index in [4.69, 9.17) is 5.26 Å². The van der Waals surface area contributed by atoms with E-state index < -0.39 is 0 Å². The van der Waals surface area contributed by atoms with Gasteiger partial charge in [0.2, 0.25) is 0 Å². The van der Waals surface area contributed by atoms with Gasteiger partial charge in [-0.2, -0.15) is 5.26 Å². The van der Waals surface area contributed by atoms with Crippen LogP contribution in [-0.2, 0) is 12.8 Å². The van der Waals surface area contributed by atoms with Gasteiger partial charge in [0.05, 0.1) is 5.56 Å². The van der Waals surface area contributed by atoms with Gasteiger partial charge in [-0.3, -0.25) is 0 Å². The highest BCUT2D eigenvalue weighted by atomic mass is 79.9.